The van der Waals surface area contributed by atoms with E-state index in [9.17, 15) is 0 Å². The molecule has 1 rings (SSSR count). The zero-order chi connectivity index (χ0) is 9.68. The number of hydrogen-bond acceptors (Lipinski definition) is 3. The van der Waals surface area contributed by atoms with Crippen molar-refractivity contribution >= 4 is 12.6 Å². The van der Waals surface area contributed by atoms with Crippen LogP contribution in [0, 0.1) is 12.3 Å². The zero-order valence-electron chi connectivity index (χ0n) is 6.97. The highest BCUT2D eigenvalue weighted by Crippen LogP contribution is 2.06. The molecule has 0 fully saturated rings. The van der Waals surface area contributed by atoms with E-state index in [-0.39, 0.29) is 6.61 Å². The van der Waals surface area contributed by atoms with Gasteiger partial charge in [-0.05, 0) is 17.6 Å². The Labute approximate surface area is 77.1 Å². The van der Waals surface area contributed by atoms with Crippen molar-refractivity contribution in [3.8, 4) is 18.1 Å². The summed E-state index contributed by atoms with van der Waals surface area (Å²) in [6.07, 6.45) is 5.00. The molecule has 0 aliphatic heterocycles. The fourth-order valence-corrected chi connectivity index (χ4v) is 0.890. The Bertz CT molecular complexity index is 317. The third-order valence-electron chi connectivity index (χ3n) is 1.48. The molecule has 1 aromatic carbocycles. The summed E-state index contributed by atoms with van der Waals surface area (Å²) in [5, 5.41) is 17.7. The molecule has 4 heteroatoms. The Morgan fingerprint density at radius 3 is 2.85 bits per heavy atom. The van der Waals surface area contributed by atoms with E-state index in [1.54, 1.807) is 18.2 Å². The van der Waals surface area contributed by atoms with Crippen LogP contribution in [0.5, 0.6) is 5.75 Å². The van der Waals surface area contributed by atoms with E-state index < -0.39 is 7.12 Å². The van der Waals surface area contributed by atoms with Crippen molar-refractivity contribution in [2.24, 2.45) is 0 Å². The third-order valence-corrected chi connectivity index (χ3v) is 1.48. The topological polar surface area (TPSA) is 49.7 Å². The number of hydrogen-bond donors (Lipinski definition) is 2. The summed E-state index contributed by atoms with van der Waals surface area (Å²) in [7, 11) is -1.48. The molecule has 66 valence electrons. The maximum absolute atomic E-state index is 8.83. The van der Waals surface area contributed by atoms with Crippen LogP contribution in [0.1, 0.15) is 0 Å². The third kappa shape index (κ3) is 2.82. The second-order valence-electron chi connectivity index (χ2n) is 2.44. The molecular weight excluding hydrogens is 167 g/mol. The predicted molar refractivity (Wildman–Crippen MR) is 50.6 cm³/mol. The summed E-state index contributed by atoms with van der Waals surface area (Å²) < 4.78 is 5.09. The Kier molecular flexibility index (Phi) is 3.38. The van der Waals surface area contributed by atoms with Gasteiger partial charge in [0.15, 0.2) is 0 Å². The molecule has 0 amide bonds. The number of ether oxygens (including phenoxy) is 1. The molecule has 0 spiro atoms. The molecule has 0 unspecified atom stereocenters. The van der Waals surface area contributed by atoms with Crippen LogP contribution < -0.4 is 10.2 Å². The summed E-state index contributed by atoms with van der Waals surface area (Å²) >= 11 is 0. The van der Waals surface area contributed by atoms with Gasteiger partial charge in [0.25, 0.3) is 0 Å². The Balaban J connectivity index is 2.75. The van der Waals surface area contributed by atoms with E-state index in [0.29, 0.717) is 11.2 Å². The van der Waals surface area contributed by atoms with Gasteiger partial charge in [-0.3, -0.25) is 0 Å². The second-order valence-corrected chi connectivity index (χ2v) is 2.44. The van der Waals surface area contributed by atoms with Crippen LogP contribution in [0.4, 0.5) is 0 Å². The smallest absolute Gasteiger partial charge is 0.481 e. The molecule has 0 aliphatic rings. The summed E-state index contributed by atoms with van der Waals surface area (Å²) in [5.41, 5.74) is 0.384. The van der Waals surface area contributed by atoms with Crippen LogP contribution in [-0.2, 0) is 0 Å². The fourth-order valence-electron chi connectivity index (χ4n) is 0.890. The lowest BCUT2D eigenvalue weighted by molar-refractivity contribution is 0.370. The maximum Gasteiger partial charge on any atom is 0.488 e. The fraction of sp³-hybridized carbons (Fsp3) is 0.111. The summed E-state index contributed by atoms with van der Waals surface area (Å²) in [6.45, 7) is 0.172. The monoisotopic (exact) mass is 176 g/mol. The summed E-state index contributed by atoms with van der Waals surface area (Å²) in [4.78, 5) is 0. The standard InChI is InChI=1S/C9H9BO3/c1-2-6-13-9-5-3-4-8(7-9)10(11)12/h1,3-5,7,11-12H,6H2. The predicted octanol–water partition coefficient (Wildman–Crippen LogP) is -0.622. The van der Waals surface area contributed by atoms with Crippen molar-refractivity contribution < 1.29 is 14.8 Å². The van der Waals surface area contributed by atoms with Gasteiger partial charge in [-0.1, -0.05) is 18.1 Å². The first-order valence-electron chi connectivity index (χ1n) is 3.76. The van der Waals surface area contributed by atoms with Crippen molar-refractivity contribution in [1.29, 1.82) is 0 Å². The van der Waals surface area contributed by atoms with Crippen LogP contribution in [0.25, 0.3) is 0 Å². The van der Waals surface area contributed by atoms with Gasteiger partial charge in [-0.15, -0.1) is 6.42 Å². The van der Waals surface area contributed by atoms with Crippen molar-refractivity contribution in [3.05, 3.63) is 24.3 Å². The average Bonchev–Trinajstić information content (AvgIpc) is 2.15. The minimum absolute atomic E-state index is 0.172. The lowest BCUT2D eigenvalue weighted by Gasteiger charge is -2.04. The van der Waals surface area contributed by atoms with E-state index in [4.69, 9.17) is 21.2 Å². The maximum atomic E-state index is 8.83. The van der Waals surface area contributed by atoms with Gasteiger partial charge >= 0.3 is 7.12 Å². The molecular formula is C9H9BO3. The highest BCUT2D eigenvalue weighted by molar-refractivity contribution is 6.58. The highest BCUT2D eigenvalue weighted by Gasteiger charge is 2.10. The zero-order valence-corrected chi connectivity index (χ0v) is 6.97. The van der Waals surface area contributed by atoms with Crippen LogP contribution >= 0.6 is 0 Å². The molecule has 2 N–H and O–H groups in total. The van der Waals surface area contributed by atoms with E-state index in [1.807, 2.05) is 0 Å². The number of benzene rings is 1. The molecule has 1 aromatic rings. The minimum Gasteiger partial charge on any atom is -0.481 e. The summed E-state index contributed by atoms with van der Waals surface area (Å²) in [5.74, 6) is 2.85. The number of terminal acetylenes is 1. The molecule has 0 saturated heterocycles. The van der Waals surface area contributed by atoms with Gasteiger partial charge in [0.1, 0.15) is 12.4 Å². The van der Waals surface area contributed by atoms with Gasteiger partial charge in [-0.2, -0.15) is 0 Å². The van der Waals surface area contributed by atoms with Gasteiger partial charge in [0, 0.05) is 0 Å². The second kappa shape index (κ2) is 4.56. The van der Waals surface area contributed by atoms with E-state index in [2.05, 4.69) is 5.92 Å². The molecule has 3 nitrogen and oxygen atoms in total. The first-order chi connectivity index (χ1) is 6.24. The van der Waals surface area contributed by atoms with Crippen LogP contribution in [0.15, 0.2) is 24.3 Å². The lowest BCUT2D eigenvalue weighted by atomic mass is 9.80. The summed E-state index contributed by atoms with van der Waals surface area (Å²) in [6, 6.07) is 6.49. The quantitative estimate of drug-likeness (QED) is 0.476. The largest absolute Gasteiger partial charge is 0.488 e. The van der Waals surface area contributed by atoms with Crippen molar-refractivity contribution in [3.63, 3.8) is 0 Å². The van der Waals surface area contributed by atoms with Gasteiger partial charge < -0.3 is 14.8 Å². The molecule has 0 atom stereocenters. The first kappa shape index (κ1) is 9.65. The Morgan fingerprint density at radius 2 is 2.23 bits per heavy atom. The number of rotatable bonds is 3. The molecule has 13 heavy (non-hydrogen) atoms. The van der Waals surface area contributed by atoms with E-state index >= 15 is 0 Å². The molecule has 0 radical (unpaired) electrons. The van der Waals surface area contributed by atoms with Crippen LogP contribution in [0.2, 0.25) is 0 Å². The van der Waals surface area contributed by atoms with Crippen LogP contribution in [0.3, 0.4) is 0 Å². The Morgan fingerprint density at radius 1 is 1.46 bits per heavy atom. The SMILES string of the molecule is C#CCOc1cccc(B(O)O)c1. The Hall–Kier alpha value is -1.44. The molecule has 0 heterocycles. The molecule has 0 aliphatic carbocycles. The van der Waals surface area contributed by atoms with E-state index in [1.165, 1.54) is 6.07 Å². The van der Waals surface area contributed by atoms with Gasteiger partial charge in [0.05, 0.1) is 0 Å². The highest BCUT2D eigenvalue weighted by atomic mass is 16.5. The van der Waals surface area contributed by atoms with Crippen LogP contribution in [-0.4, -0.2) is 23.8 Å². The van der Waals surface area contributed by atoms with Crippen molar-refractivity contribution in [2.45, 2.75) is 0 Å². The van der Waals surface area contributed by atoms with Gasteiger partial charge in [0.2, 0.25) is 0 Å². The lowest BCUT2D eigenvalue weighted by Crippen LogP contribution is -2.29. The molecule has 0 saturated carbocycles. The minimum atomic E-state index is -1.48. The first-order valence-corrected chi connectivity index (χ1v) is 3.76. The van der Waals surface area contributed by atoms with Crippen molar-refractivity contribution in [1.82, 2.24) is 0 Å². The van der Waals surface area contributed by atoms with E-state index in [0.717, 1.165) is 0 Å². The molecule has 0 aromatic heterocycles. The van der Waals surface area contributed by atoms with Crippen molar-refractivity contribution in [2.75, 3.05) is 6.61 Å². The normalized spacial score (nSPS) is 9.00. The molecule has 0 bridgehead atoms. The van der Waals surface area contributed by atoms with Gasteiger partial charge in [-0.25, -0.2) is 0 Å². The average molecular weight is 176 g/mol.